The third-order valence-electron chi connectivity index (χ3n) is 2.32. The molecule has 0 radical (unpaired) electrons. The molecule has 1 amide bonds. The van der Waals surface area contributed by atoms with Crippen LogP contribution in [0.2, 0.25) is 0 Å². The normalized spacial score (nSPS) is 9.95. The summed E-state index contributed by atoms with van der Waals surface area (Å²) >= 11 is 0. The monoisotopic (exact) mass is 283 g/mol. The number of allylic oxidation sites excluding steroid dienone is 1. The largest absolute Gasteiger partial charge is 0.484 e. The van der Waals surface area contributed by atoms with Gasteiger partial charge in [-0.2, -0.15) is 10.5 Å². The maximum absolute atomic E-state index is 11.6. The average molecular weight is 283 g/mol. The number of benzene rings is 1. The molecule has 0 spiro atoms. The molecule has 0 aliphatic heterocycles. The van der Waals surface area contributed by atoms with Crippen molar-refractivity contribution in [3.8, 4) is 17.9 Å². The lowest BCUT2D eigenvalue weighted by Crippen LogP contribution is -2.43. The van der Waals surface area contributed by atoms with E-state index in [2.05, 4.69) is 5.32 Å². The molecular formula is C16H17N3O2. The van der Waals surface area contributed by atoms with Crippen LogP contribution in [0.25, 0.3) is 6.08 Å². The topological polar surface area (TPSA) is 85.9 Å². The van der Waals surface area contributed by atoms with Gasteiger partial charge in [0.15, 0.2) is 6.61 Å². The van der Waals surface area contributed by atoms with Crippen molar-refractivity contribution < 1.29 is 9.53 Å². The van der Waals surface area contributed by atoms with Gasteiger partial charge in [0, 0.05) is 5.54 Å². The molecule has 0 unspecified atom stereocenters. The van der Waals surface area contributed by atoms with Gasteiger partial charge in [-0.1, -0.05) is 12.1 Å². The molecule has 0 saturated heterocycles. The Hall–Kier alpha value is -2.79. The quantitative estimate of drug-likeness (QED) is 0.860. The summed E-state index contributed by atoms with van der Waals surface area (Å²) in [5, 5.41) is 20.1. The molecule has 5 heteroatoms. The summed E-state index contributed by atoms with van der Waals surface area (Å²) in [5.41, 5.74) is 0.466. The summed E-state index contributed by atoms with van der Waals surface area (Å²) in [7, 11) is 0. The first-order valence-electron chi connectivity index (χ1n) is 6.40. The fourth-order valence-corrected chi connectivity index (χ4v) is 1.52. The number of ether oxygens (including phenoxy) is 1. The van der Waals surface area contributed by atoms with E-state index in [1.54, 1.807) is 36.4 Å². The Morgan fingerprint density at radius 3 is 2.29 bits per heavy atom. The van der Waals surface area contributed by atoms with Crippen LogP contribution in [0.15, 0.2) is 29.8 Å². The molecule has 0 aliphatic carbocycles. The number of hydrogen-bond acceptors (Lipinski definition) is 4. The minimum atomic E-state index is -0.292. The molecule has 0 heterocycles. The average Bonchev–Trinajstić information content (AvgIpc) is 2.42. The molecule has 0 atom stereocenters. The zero-order valence-electron chi connectivity index (χ0n) is 12.3. The standard InChI is InChI=1S/C16H17N3O2/c1-16(2,3)19-15(20)11-21-14-6-4-12(5-7-14)8-13(9-17)10-18/h4-8H,11H2,1-3H3,(H,19,20). The summed E-state index contributed by atoms with van der Waals surface area (Å²) in [4.78, 5) is 11.6. The van der Waals surface area contributed by atoms with Gasteiger partial charge in [0.1, 0.15) is 23.5 Å². The summed E-state index contributed by atoms with van der Waals surface area (Å²) in [6.45, 7) is 5.63. The van der Waals surface area contributed by atoms with Crippen molar-refractivity contribution in [2.75, 3.05) is 6.61 Å². The van der Waals surface area contributed by atoms with Gasteiger partial charge in [0.05, 0.1) is 0 Å². The Morgan fingerprint density at radius 1 is 1.24 bits per heavy atom. The van der Waals surface area contributed by atoms with Gasteiger partial charge < -0.3 is 10.1 Å². The Bertz CT molecular complexity index is 595. The number of nitrogens with zero attached hydrogens (tertiary/aromatic N) is 2. The molecule has 1 rings (SSSR count). The molecule has 5 nitrogen and oxygen atoms in total. The summed E-state index contributed by atoms with van der Waals surface area (Å²) in [6, 6.07) is 10.4. The van der Waals surface area contributed by atoms with E-state index < -0.39 is 0 Å². The van der Waals surface area contributed by atoms with Crippen LogP contribution >= 0.6 is 0 Å². The lowest BCUT2D eigenvalue weighted by atomic mass is 10.1. The third kappa shape index (κ3) is 6.26. The lowest BCUT2D eigenvalue weighted by Gasteiger charge is -2.20. The van der Waals surface area contributed by atoms with Crippen LogP contribution < -0.4 is 10.1 Å². The molecule has 0 bridgehead atoms. The summed E-state index contributed by atoms with van der Waals surface area (Å²) in [6.07, 6.45) is 1.48. The second-order valence-corrected chi connectivity index (χ2v) is 5.44. The van der Waals surface area contributed by atoms with Crippen LogP contribution in [-0.2, 0) is 4.79 Å². The highest BCUT2D eigenvalue weighted by Gasteiger charge is 2.13. The fraction of sp³-hybridized carbons (Fsp3) is 0.312. The predicted molar refractivity (Wildman–Crippen MR) is 79.0 cm³/mol. The van der Waals surface area contributed by atoms with E-state index in [1.165, 1.54) is 6.08 Å². The fourth-order valence-electron chi connectivity index (χ4n) is 1.52. The smallest absolute Gasteiger partial charge is 0.258 e. The number of carbonyl (C=O) groups is 1. The zero-order chi connectivity index (χ0) is 15.9. The number of amides is 1. The van der Waals surface area contributed by atoms with Gasteiger partial charge in [-0.3, -0.25) is 4.79 Å². The maximum atomic E-state index is 11.6. The highest BCUT2D eigenvalue weighted by molar-refractivity contribution is 5.78. The second kappa shape index (κ2) is 7.12. The molecule has 1 aromatic carbocycles. The number of hydrogen-bond donors (Lipinski definition) is 1. The lowest BCUT2D eigenvalue weighted by molar-refractivity contribution is -0.124. The van der Waals surface area contributed by atoms with Crippen LogP contribution in [0.3, 0.4) is 0 Å². The minimum absolute atomic E-state index is 0.0354. The van der Waals surface area contributed by atoms with E-state index in [4.69, 9.17) is 15.3 Å². The molecule has 21 heavy (non-hydrogen) atoms. The molecule has 0 aromatic heterocycles. The third-order valence-corrected chi connectivity index (χ3v) is 2.32. The van der Waals surface area contributed by atoms with E-state index in [9.17, 15) is 4.79 Å². The molecule has 1 aromatic rings. The van der Waals surface area contributed by atoms with Crippen molar-refractivity contribution in [1.29, 1.82) is 10.5 Å². The molecule has 0 fully saturated rings. The first-order chi connectivity index (χ1) is 9.84. The van der Waals surface area contributed by atoms with Crippen LogP contribution in [0.4, 0.5) is 0 Å². The van der Waals surface area contributed by atoms with E-state index in [0.29, 0.717) is 5.75 Å². The van der Waals surface area contributed by atoms with Crippen molar-refractivity contribution in [3.63, 3.8) is 0 Å². The van der Waals surface area contributed by atoms with Gasteiger partial charge in [-0.25, -0.2) is 0 Å². The van der Waals surface area contributed by atoms with Crippen LogP contribution in [0, 0.1) is 22.7 Å². The summed E-state index contributed by atoms with van der Waals surface area (Å²) in [5.74, 6) is 0.356. The Labute approximate surface area is 124 Å². The van der Waals surface area contributed by atoms with Crippen molar-refractivity contribution in [2.24, 2.45) is 0 Å². The first-order valence-corrected chi connectivity index (χ1v) is 6.40. The van der Waals surface area contributed by atoms with E-state index >= 15 is 0 Å². The van der Waals surface area contributed by atoms with Crippen molar-refractivity contribution in [2.45, 2.75) is 26.3 Å². The van der Waals surface area contributed by atoms with Crippen LogP contribution in [0.5, 0.6) is 5.75 Å². The predicted octanol–water partition coefficient (Wildman–Crippen LogP) is 2.41. The Balaban J connectivity index is 2.61. The first kappa shape index (κ1) is 16.3. The van der Waals surface area contributed by atoms with E-state index in [-0.39, 0.29) is 23.6 Å². The van der Waals surface area contributed by atoms with Gasteiger partial charge in [0.25, 0.3) is 5.91 Å². The van der Waals surface area contributed by atoms with Crippen LogP contribution in [-0.4, -0.2) is 18.1 Å². The molecule has 0 aliphatic rings. The SMILES string of the molecule is CC(C)(C)NC(=O)COc1ccc(C=C(C#N)C#N)cc1. The number of nitriles is 2. The van der Waals surface area contributed by atoms with Gasteiger partial charge >= 0.3 is 0 Å². The molecule has 108 valence electrons. The zero-order valence-corrected chi connectivity index (χ0v) is 12.3. The van der Waals surface area contributed by atoms with Gasteiger partial charge in [-0.15, -0.1) is 0 Å². The minimum Gasteiger partial charge on any atom is -0.484 e. The summed E-state index contributed by atoms with van der Waals surface area (Å²) < 4.78 is 5.36. The van der Waals surface area contributed by atoms with E-state index in [0.717, 1.165) is 5.56 Å². The molecular weight excluding hydrogens is 266 g/mol. The number of rotatable bonds is 4. The number of nitrogens with one attached hydrogen (secondary N) is 1. The van der Waals surface area contributed by atoms with Gasteiger partial charge in [-0.05, 0) is 44.5 Å². The van der Waals surface area contributed by atoms with Crippen molar-refractivity contribution in [1.82, 2.24) is 5.32 Å². The van der Waals surface area contributed by atoms with Crippen molar-refractivity contribution >= 4 is 12.0 Å². The Kier molecular flexibility index (Phi) is 5.51. The molecule has 0 saturated carbocycles. The highest BCUT2D eigenvalue weighted by Crippen LogP contribution is 2.14. The van der Waals surface area contributed by atoms with Gasteiger partial charge in [0.2, 0.25) is 0 Å². The second-order valence-electron chi connectivity index (χ2n) is 5.44. The van der Waals surface area contributed by atoms with E-state index in [1.807, 2.05) is 20.8 Å². The number of carbonyl (C=O) groups excluding carboxylic acids is 1. The Morgan fingerprint density at radius 2 is 1.81 bits per heavy atom. The van der Waals surface area contributed by atoms with Crippen LogP contribution in [0.1, 0.15) is 26.3 Å². The molecule has 1 N–H and O–H groups in total. The maximum Gasteiger partial charge on any atom is 0.258 e. The highest BCUT2D eigenvalue weighted by atomic mass is 16.5. The van der Waals surface area contributed by atoms with Crippen molar-refractivity contribution in [3.05, 3.63) is 35.4 Å².